The predicted molar refractivity (Wildman–Crippen MR) is 94.5 cm³/mol. The molecule has 0 fully saturated rings. The summed E-state index contributed by atoms with van der Waals surface area (Å²) in [7, 11) is 0. The van der Waals surface area contributed by atoms with Gasteiger partial charge in [-0.25, -0.2) is 4.98 Å². The molecule has 0 aliphatic rings. The smallest absolute Gasteiger partial charge is 0.242 e. The summed E-state index contributed by atoms with van der Waals surface area (Å²) in [5.41, 5.74) is 12.7. The first kappa shape index (κ1) is 18.0. The van der Waals surface area contributed by atoms with Gasteiger partial charge in [0.05, 0.1) is 6.04 Å². The molecule has 0 saturated heterocycles. The number of carbonyl (C=O) groups excluding carboxylic acids is 2. The number of hydrogen-bond donors (Lipinski definition) is 3. The summed E-state index contributed by atoms with van der Waals surface area (Å²) in [6.45, 7) is 4.17. The van der Waals surface area contributed by atoms with Gasteiger partial charge in [-0.2, -0.15) is 0 Å². The zero-order valence-corrected chi connectivity index (χ0v) is 14.5. The maximum absolute atomic E-state index is 12.0. The van der Waals surface area contributed by atoms with Crippen molar-refractivity contribution in [2.75, 3.05) is 5.32 Å². The van der Waals surface area contributed by atoms with Crippen molar-refractivity contribution in [3.63, 3.8) is 0 Å². The zero-order chi connectivity index (χ0) is 17.7. The van der Waals surface area contributed by atoms with Gasteiger partial charge in [0, 0.05) is 29.3 Å². The second-order valence-electron chi connectivity index (χ2n) is 5.77. The Hall–Kier alpha value is -2.32. The fourth-order valence-corrected chi connectivity index (χ4v) is 2.73. The zero-order valence-electron chi connectivity index (χ0n) is 13.7. The molecule has 0 radical (unpaired) electrons. The van der Waals surface area contributed by atoms with Crippen LogP contribution >= 0.6 is 11.3 Å². The number of nitrogens with one attached hydrogen (secondary N) is 1. The maximum Gasteiger partial charge on any atom is 0.242 e. The van der Waals surface area contributed by atoms with Gasteiger partial charge in [0.2, 0.25) is 11.8 Å². The summed E-state index contributed by atoms with van der Waals surface area (Å²) in [4.78, 5) is 31.5. The van der Waals surface area contributed by atoms with Crippen LogP contribution in [-0.4, -0.2) is 27.8 Å². The molecule has 0 aliphatic heterocycles. The Balaban J connectivity index is 2.00. The molecule has 5 N–H and O–H groups in total. The lowest BCUT2D eigenvalue weighted by molar-refractivity contribution is -0.119. The van der Waals surface area contributed by atoms with E-state index >= 15 is 0 Å². The lowest BCUT2D eigenvalue weighted by Crippen LogP contribution is -2.36. The molecule has 2 aromatic heterocycles. The van der Waals surface area contributed by atoms with Gasteiger partial charge in [0.25, 0.3) is 0 Å². The molecule has 24 heavy (non-hydrogen) atoms. The van der Waals surface area contributed by atoms with Crippen LogP contribution in [0.2, 0.25) is 0 Å². The fraction of sp³-hybridized carbons (Fsp3) is 0.375. The van der Waals surface area contributed by atoms with Crippen molar-refractivity contribution in [3.8, 4) is 10.6 Å². The van der Waals surface area contributed by atoms with Crippen LogP contribution in [0.3, 0.4) is 0 Å². The minimum atomic E-state index is -0.797. The molecule has 2 amide bonds. The molecule has 7 nitrogen and oxygen atoms in total. The molecule has 0 aromatic carbocycles. The SMILES string of the molecule is CC(C)c1ccc(-c2nc(NC(=O)[C@@H](N)CCC(N)=O)cs2)cn1. The van der Waals surface area contributed by atoms with Crippen molar-refractivity contribution in [1.82, 2.24) is 9.97 Å². The highest BCUT2D eigenvalue weighted by atomic mass is 32.1. The second-order valence-corrected chi connectivity index (χ2v) is 6.62. The van der Waals surface area contributed by atoms with Crippen molar-refractivity contribution in [3.05, 3.63) is 29.4 Å². The number of nitrogens with two attached hydrogens (primary N) is 2. The van der Waals surface area contributed by atoms with Crippen LogP contribution in [0.25, 0.3) is 10.6 Å². The summed E-state index contributed by atoms with van der Waals surface area (Å²) in [6.07, 6.45) is 2.06. The van der Waals surface area contributed by atoms with E-state index in [2.05, 4.69) is 29.1 Å². The van der Waals surface area contributed by atoms with E-state index in [0.29, 0.717) is 11.7 Å². The highest BCUT2D eigenvalue weighted by Crippen LogP contribution is 2.26. The number of primary amides is 1. The monoisotopic (exact) mass is 347 g/mol. The molecular weight excluding hydrogens is 326 g/mol. The van der Waals surface area contributed by atoms with E-state index in [4.69, 9.17) is 11.5 Å². The lowest BCUT2D eigenvalue weighted by atomic mass is 10.1. The predicted octanol–water partition coefficient (Wildman–Crippen LogP) is 1.86. The first-order chi connectivity index (χ1) is 11.4. The fourth-order valence-electron chi connectivity index (χ4n) is 1.98. The normalized spacial score (nSPS) is 12.2. The summed E-state index contributed by atoms with van der Waals surface area (Å²) < 4.78 is 0. The molecule has 0 unspecified atom stereocenters. The van der Waals surface area contributed by atoms with E-state index in [-0.39, 0.29) is 18.7 Å². The Kier molecular flexibility index (Phi) is 5.99. The number of amides is 2. The van der Waals surface area contributed by atoms with Gasteiger partial charge < -0.3 is 16.8 Å². The summed E-state index contributed by atoms with van der Waals surface area (Å²) in [5, 5.41) is 5.15. The Morgan fingerprint density at radius 3 is 2.67 bits per heavy atom. The molecule has 0 aliphatic carbocycles. The van der Waals surface area contributed by atoms with Crippen LogP contribution in [0.5, 0.6) is 0 Å². The third-order valence-corrected chi connectivity index (χ3v) is 4.31. The van der Waals surface area contributed by atoms with Crippen molar-refractivity contribution in [2.45, 2.75) is 38.6 Å². The molecule has 128 valence electrons. The number of carbonyl (C=O) groups is 2. The lowest BCUT2D eigenvalue weighted by Gasteiger charge is -2.09. The van der Waals surface area contributed by atoms with Crippen LogP contribution in [-0.2, 0) is 9.59 Å². The van der Waals surface area contributed by atoms with Gasteiger partial charge in [-0.1, -0.05) is 13.8 Å². The van der Waals surface area contributed by atoms with Gasteiger partial charge in [-0.3, -0.25) is 14.6 Å². The van der Waals surface area contributed by atoms with Gasteiger partial charge in [0.1, 0.15) is 10.8 Å². The molecule has 2 aromatic rings. The van der Waals surface area contributed by atoms with E-state index in [9.17, 15) is 9.59 Å². The van der Waals surface area contributed by atoms with Gasteiger partial charge in [0.15, 0.2) is 0 Å². The standard InChI is InChI=1S/C16H21N5O2S/c1-9(2)12-5-3-10(7-19-12)16-21-14(8-24-16)20-15(23)11(17)4-6-13(18)22/h3,5,7-9,11H,4,6,17H2,1-2H3,(H2,18,22)(H,20,23)/t11-/m0/s1. The van der Waals surface area contributed by atoms with Crippen molar-refractivity contribution in [2.24, 2.45) is 11.5 Å². The topological polar surface area (TPSA) is 124 Å². The maximum atomic E-state index is 12.0. The number of pyridine rings is 1. The molecule has 0 saturated carbocycles. The highest BCUT2D eigenvalue weighted by Gasteiger charge is 2.16. The van der Waals surface area contributed by atoms with Gasteiger partial charge >= 0.3 is 0 Å². The minimum Gasteiger partial charge on any atom is -0.370 e. The first-order valence-corrected chi connectivity index (χ1v) is 8.51. The van der Waals surface area contributed by atoms with Gasteiger partial charge in [-0.15, -0.1) is 11.3 Å². The number of hydrogen-bond acceptors (Lipinski definition) is 6. The molecule has 2 heterocycles. The summed E-state index contributed by atoms with van der Waals surface area (Å²) in [5.74, 6) is -0.0672. The average molecular weight is 347 g/mol. The minimum absolute atomic E-state index is 0.0742. The van der Waals surface area contributed by atoms with E-state index in [0.717, 1.165) is 16.3 Å². The molecular formula is C16H21N5O2S. The summed E-state index contributed by atoms with van der Waals surface area (Å²) in [6, 6.07) is 3.14. The van der Waals surface area contributed by atoms with Crippen LogP contribution < -0.4 is 16.8 Å². The molecule has 0 bridgehead atoms. The second kappa shape index (κ2) is 7.98. The molecule has 2 rings (SSSR count). The Morgan fingerprint density at radius 1 is 1.33 bits per heavy atom. The highest BCUT2D eigenvalue weighted by molar-refractivity contribution is 7.13. The number of thiazole rings is 1. The first-order valence-electron chi connectivity index (χ1n) is 7.63. The molecule has 8 heteroatoms. The van der Waals surface area contributed by atoms with E-state index in [1.54, 1.807) is 11.6 Å². The van der Waals surface area contributed by atoms with Crippen molar-refractivity contribution in [1.29, 1.82) is 0 Å². The van der Waals surface area contributed by atoms with E-state index in [1.807, 2.05) is 12.1 Å². The number of anilines is 1. The largest absolute Gasteiger partial charge is 0.370 e. The third kappa shape index (κ3) is 4.84. The van der Waals surface area contributed by atoms with Crippen LogP contribution in [0.4, 0.5) is 5.82 Å². The number of rotatable bonds is 7. The van der Waals surface area contributed by atoms with Crippen LogP contribution in [0.15, 0.2) is 23.7 Å². The van der Waals surface area contributed by atoms with Gasteiger partial charge in [-0.05, 0) is 24.5 Å². The molecule has 0 spiro atoms. The third-order valence-electron chi connectivity index (χ3n) is 3.42. The average Bonchev–Trinajstić information content (AvgIpc) is 3.01. The van der Waals surface area contributed by atoms with Crippen molar-refractivity contribution >= 4 is 29.0 Å². The number of nitrogens with zero attached hydrogens (tertiary/aromatic N) is 2. The van der Waals surface area contributed by atoms with Crippen LogP contribution in [0.1, 0.15) is 38.3 Å². The molecule has 1 atom stereocenters. The quantitative estimate of drug-likeness (QED) is 0.705. The van der Waals surface area contributed by atoms with Crippen molar-refractivity contribution < 1.29 is 9.59 Å². The Morgan fingerprint density at radius 2 is 2.08 bits per heavy atom. The van der Waals surface area contributed by atoms with Crippen LogP contribution in [0, 0.1) is 0 Å². The summed E-state index contributed by atoms with van der Waals surface area (Å²) >= 11 is 1.41. The van der Waals surface area contributed by atoms with E-state index in [1.165, 1.54) is 11.3 Å². The van der Waals surface area contributed by atoms with E-state index < -0.39 is 11.9 Å². The Bertz CT molecular complexity index is 712. The Labute approximate surface area is 144 Å². The number of aromatic nitrogens is 2.